The molecule has 1 aliphatic heterocycles. The molecule has 24 heavy (non-hydrogen) atoms. The Balaban J connectivity index is 1.70. The van der Waals surface area contributed by atoms with Crippen LogP contribution in [0, 0.1) is 0 Å². The van der Waals surface area contributed by atoms with Gasteiger partial charge in [-0.2, -0.15) is 0 Å². The molecule has 1 aliphatic rings. The van der Waals surface area contributed by atoms with Crippen LogP contribution in [0.5, 0.6) is 0 Å². The largest absolute Gasteiger partial charge is 0.334 e. The maximum atomic E-state index is 12.9. The molecule has 1 amide bonds. The molecule has 0 spiro atoms. The number of hydrogen-bond donors (Lipinski definition) is 1. The molecular formula is C19H25N3OS. The van der Waals surface area contributed by atoms with Gasteiger partial charge >= 0.3 is 0 Å². The van der Waals surface area contributed by atoms with Crippen molar-refractivity contribution in [2.45, 2.75) is 38.6 Å². The topological polar surface area (TPSA) is 45.2 Å². The molecule has 5 heteroatoms. The Labute approximate surface area is 147 Å². The first-order valence-electron chi connectivity index (χ1n) is 8.78. The monoisotopic (exact) mass is 343 g/mol. The number of thiazole rings is 1. The van der Waals surface area contributed by atoms with E-state index >= 15 is 0 Å². The predicted octanol–water partition coefficient (Wildman–Crippen LogP) is 3.34. The Morgan fingerprint density at radius 3 is 2.75 bits per heavy atom. The van der Waals surface area contributed by atoms with Crippen molar-refractivity contribution in [3.05, 3.63) is 52.0 Å². The lowest BCUT2D eigenvalue weighted by Crippen LogP contribution is -2.46. The second-order valence-electron chi connectivity index (χ2n) is 6.27. The molecule has 3 rings (SSSR count). The molecule has 1 N–H and O–H groups in total. The maximum Gasteiger partial charge on any atom is 0.273 e. The lowest BCUT2D eigenvalue weighted by molar-refractivity contribution is 0.0637. The average Bonchev–Trinajstić information content (AvgIpc) is 3.09. The van der Waals surface area contributed by atoms with Crippen LogP contribution in [0.2, 0.25) is 0 Å². The zero-order valence-electron chi connectivity index (χ0n) is 14.2. The minimum Gasteiger partial charge on any atom is -0.334 e. The van der Waals surface area contributed by atoms with Crippen molar-refractivity contribution in [2.75, 3.05) is 19.6 Å². The second-order valence-corrected chi connectivity index (χ2v) is 7.21. The van der Waals surface area contributed by atoms with Crippen LogP contribution < -0.4 is 5.32 Å². The van der Waals surface area contributed by atoms with E-state index in [1.807, 2.05) is 28.5 Å². The molecule has 2 aromatic rings. The van der Waals surface area contributed by atoms with Gasteiger partial charge in [-0.15, -0.1) is 11.3 Å². The molecule has 1 fully saturated rings. The van der Waals surface area contributed by atoms with Crippen LogP contribution >= 0.6 is 11.3 Å². The minimum absolute atomic E-state index is 0.0966. The Bertz CT molecular complexity index is 650. The second kappa shape index (κ2) is 8.40. The van der Waals surface area contributed by atoms with E-state index in [0.717, 1.165) is 50.3 Å². The number of benzene rings is 1. The molecule has 0 atom stereocenters. The van der Waals surface area contributed by atoms with Crippen LogP contribution in [0.15, 0.2) is 35.7 Å². The standard InChI is InChI=1S/C19H25N3OS/c1-2-12-22(16-8-10-20-11-9-16)19(23)17-14-24-18(21-17)13-15-6-4-3-5-7-15/h3-7,14,16,20H,2,8-13H2,1H3. The van der Waals surface area contributed by atoms with Gasteiger partial charge in [0.25, 0.3) is 5.91 Å². The first kappa shape index (κ1) is 17.1. The molecule has 128 valence electrons. The van der Waals surface area contributed by atoms with Crippen molar-refractivity contribution in [3.63, 3.8) is 0 Å². The number of amides is 1. The summed E-state index contributed by atoms with van der Waals surface area (Å²) in [5.41, 5.74) is 1.84. The summed E-state index contributed by atoms with van der Waals surface area (Å²) in [6.45, 7) is 4.93. The van der Waals surface area contributed by atoms with Crippen LogP contribution in [0.1, 0.15) is 47.2 Å². The Hall–Kier alpha value is -1.72. The molecule has 2 heterocycles. The molecule has 0 saturated carbocycles. The molecule has 0 radical (unpaired) electrons. The van der Waals surface area contributed by atoms with E-state index in [2.05, 4.69) is 29.4 Å². The molecule has 1 aromatic carbocycles. The van der Waals surface area contributed by atoms with E-state index in [1.54, 1.807) is 11.3 Å². The summed E-state index contributed by atoms with van der Waals surface area (Å²) in [4.78, 5) is 19.6. The normalized spacial score (nSPS) is 15.4. The first-order valence-corrected chi connectivity index (χ1v) is 9.66. The summed E-state index contributed by atoms with van der Waals surface area (Å²) in [5.74, 6) is 0.0966. The van der Waals surface area contributed by atoms with Crippen molar-refractivity contribution in [3.8, 4) is 0 Å². The van der Waals surface area contributed by atoms with Gasteiger partial charge in [0.1, 0.15) is 5.69 Å². The summed E-state index contributed by atoms with van der Waals surface area (Å²) >= 11 is 1.58. The first-order chi connectivity index (χ1) is 11.8. The highest BCUT2D eigenvalue weighted by Gasteiger charge is 2.26. The number of carbonyl (C=O) groups is 1. The molecule has 0 aliphatic carbocycles. The van der Waals surface area contributed by atoms with Gasteiger partial charge < -0.3 is 10.2 Å². The molecule has 4 nitrogen and oxygen atoms in total. The van der Waals surface area contributed by atoms with Gasteiger partial charge in [0.15, 0.2) is 0 Å². The number of carbonyl (C=O) groups excluding carboxylic acids is 1. The lowest BCUT2D eigenvalue weighted by Gasteiger charge is -2.34. The van der Waals surface area contributed by atoms with Crippen LogP contribution in [0.3, 0.4) is 0 Å². The van der Waals surface area contributed by atoms with Gasteiger partial charge in [0.2, 0.25) is 0 Å². The summed E-state index contributed by atoms with van der Waals surface area (Å²) in [6, 6.07) is 10.6. The molecular weight excluding hydrogens is 318 g/mol. The minimum atomic E-state index is 0.0966. The van der Waals surface area contributed by atoms with Gasteiger partial charge in [-0.05, 0) is 37.9 Å². The van der Waals surface area contributed by atoms with Crippen molar-refractivity contribution >= 4 is 17.2 Å². The Morgan fingerprint density at radius 1 is 1.29 bits per heavy atom. The van der Waals surface area contributed by atoms with Gasteiger partial charge in [0.05, 0.1) is 5.01 Å². The fourth-order valence-electron chi connectivity index (χ4n) is 3.22. The predicted molar refractivity (Wildman–Crippen MR) is 98.6 cm³/mol. The van der Waals surface area contributed by atoms with Crippen molar-refractivity contribution in [1.29, 1.82) is 0 Å². The summed E-state index contributed by atoms with van der Waals surface area (Å²) < 4.78 is 0. The third-order valence-electron chi connectivity index (χ3n) is 4.44. The number of piperidine rings is 1. The Kier molecular flexibility index (Phi) is 5.99. The highest BCUT2D eigenvalue weighted by Crippen LogP contribution is 2.19. The SMILES string of the molecule is CCCN(C(=O)c1csc(Cc2ccccc2)n1)C1CCNCC1. The van der Waals surface area contributed by atoms with Crippen LogP contribution in [0.25, 0.3) is 0 Å². The smallest absolute Gasteiger partial charge is 0.273 e. The third-order valence-corrected chi connectivity index (χ3v) is 5.29. The van der Waals surface area contributed by atoms with E-state index in [4.69, 9.17) is 0 Å². The number of hydrogen-bond acceptors (Lipinski definition) is 4. The van der Waals surface area contributed by atoms with Crippen molar-refractivity contribution in [2.24, 2.45) is 0 Å². The van der Waals surface area contributed by atoms with Crippen molar-refractivity contribution < 1.29 is 4.79 Å². The summed E-state index contributed by atoms with van der Waals surface area (Å²) in [6.07, 6.45) is 3.84. The van der Waals surface area contributed by atoms with Gasteiger partial charge in [-0.3, -0.25) is 4.79 Å². The van der Waals surface area contributed by atoms with E-state index in [-0.39, 0.29) is 5.91 Å². The zero-order chi connectivity index (χ0) is 16.8. The molecule has 0 unspecified atom stereocenters. The Morgan fingerprint density at radius 2 is 2.04 bits per heavy atom. The van der Waals surface area contributed by atoms with Crippen LogP contribution in [-0.4, -0.2) is 41.5 Å². The van der Waals surface area contributed by atoms with E-state index < -0.39 is 0 Å². The lowest BCUT2D eigenvalue weighted by atomic mass is 10.0. The number of nitrogens with one attached hydrogen (secondary N) is 1. The summed E-state index contributed by atoms with van der Waals surface area (Å²) in [7, 11) is 0. The highest BCUT2D eigenvalue weighted by molar-refractivity contribution is 7.09. The van der Waals surface area contributed by atoms with E-state index in [0.29, 0.717) is 11.7 Å². The van der Waals surface area contributed by atoms with Gasteiger partial charge in [-0.1, -0.05) is 37.3 Å². The zero-order valence-corrected chi connectivity index (χ0v) is 15.0. The number of nitrogens with zero attached hydrogens (tertiary/aromatic N) is 2. The average molecular weight is 343 g/mol. The number of rotatable bonds is 6. The van der Waals surface area contributed by atoms with Crippen LogP contribution in [0.4, 0.5) is 0 Å². The van der Waals surface area contributed by atoms with Gasteiger partial charge in [-0.25, -0.2) is 4.98 Å². The quantitative estimate of drug-likeness (QED) is 0.875. The maximum absolute atomic E-state index is 12.9. The number of aromatic nitrogens is 1. The fraction of sp³-hybridized carbons (Fsp3) is 0.474. The van der Waals surface area contributed by atoms with Crippen molar-refractivity contribution in [1.82, 2.24) is 15.2 Å². The fourth-order valence-corrected chi connectivity index (χ4v) is 4.02. The highest BCUT2D eigenvalue weighted by atomic mass is 32.1. The molecule has 1 saturated heterocycles. The van der Waals surface area contributed by atoms with Gasteiger partial charge in [0, 0.05) is 24.4 Å². The van der Waals surface area contributed by atoms with E-state index in [9.17, 15) is 4.79 Å². The molecule has 0 bridgehead atoms. The molecule has 1 aromatic heterocycles. The third kappa shape index (κ3) is 4.22. The van der Waals surface area contributed by atoms with Crippen LogP contribution in [-0.2, 0) is 6.42 Å². The van der Waals surface area contributed by atoms with E-state index in [1.165, 1.54) is 5.56 Å². The summed E-state index contributed by atoms with van der Waals surface area (Å²) in [5, 5.41) is 6.30.